The fourth-order valence-electron chi connectivity index (χ4n) is 6.26. The first-order valence-corrected chi connectivity index (χ1v) is 20.9. The van der Waals surface area contributed by atoms with Crippen LogP contribution in [0.15, 0.2) is 0 Å². The summed E-state index contributed by atoms with van der Waals surface area (Å²) in [5, 5.41) is 10.5. The minimum atomic E-state index is 0.686. The molecule has 1 heterocycles. The smallest absolute Gasteiger partial charge is 0.229 e. The summed E-state index contributed by atoms with van der Waals surface area (Å²) in [6.45, 7) is 5.22. The molecule has 0 amide bonds. The Kier molecular flexibility index (Phi) is 33.8. The van der Waals surface area contributed by atoms with Crippen LogP contribution in [0.25, 0.3) is 0 Å². The van der Waals surface area contributed by atoms with Crippen molar-refractivity contribution in [3.8, 4) is 0 Å². The maximum absolute atomic E-state index is 5.59. The SMILES string of the molecule is NCCCCCCCCCCCCNc1nc(NCCCCCCCCCCCCN)nc(NCCCCCCCCCCCCN)n1. The number of nitrogens with one attached hydrogen (secondary N) is 3. The number of hydrogen-bond acceptors (Lipinski definition) is 9. The molecular weight excluding hydrogens is 594 g/mol. The van der Waals surface area contributed by atoms with Gasteiger partial charge in [0.15, 0.2) is 0 Å². The Balaban J connectivity index is 2.32. The minimum Gasteiger partial charge on any atom is -0.354 e. The predicted octanol–water partition coefficient (Wildman–Crippen LogP) is 9.69. The maximum atomic E-state index is 5.59. The van der Waals surface area contributed by atoms with Crippen LogP contribution in [0.2, 0.25) is 0 Å². The molecule has 9 heteroatoms. The molecule has 0 aliphatic carbocycles. The van der Waals surface area contributed by atoms with Crippen molar-refractivity contribution in [1.29, 1.82) is 0 Å². The second-order valence-corrected chi connectivity index (χ2v) is 14.1. The monoisotopic (exact) mass is 676 g/mol. The lowest BCUT2D eigenvalue weighted by molar-refractivity contribution is 0.555. The van der Waals surface area contributed by atoms with E-state index in [1.54, 1.807) is 0 Å². The highest BCUT2D eigenvalue weighted by Crippen LogP contribution is 2.15. The summed E-state index contributed by atoms with van der Waals surface area (Å²) in [7, 11) is 0. The summed E-state index contributed by atoms with van der Waals surface area (Å²) < 4.78 is 0. The highest BCUT2D eigenvalue weighted by atomic mass is 15.3. The molecule has 282 valence electrons. The van der Waals surface area contributed by atoms with Gasteiger partial charge in [-0.3, -0.25) is 0 Å². The Morgan fingerprint density at radius 3 is 0.604 bits per heavy atom. The average Bonchev–Trinajstić information content (AvgIpc) is 3.09. The minimum absolute atomic E-state index is 0.686. The average molecular weight is 676 g/mol. The van der Waals surface area contributed by atoms with E-state index in [1.165, 1.54) is 173 Å². The zero-order chi connectivity index (χ0) is 34.4. The first-order valence-electron chi connectivity index (χ1n) is 20.9. The summed E-state index contributed by atoms with van der Waals surface area (Å²) in [4.78, 5) is 14.1. The molecule has 9 nitrogen and oxygen atoms in total. The van der Waals surface area contributed by atoms with Crippen LogP contribution in [0, 0.1) is 0 Å². The molecule has 0 bridgehead atoms. The van der Waals surface area contributed by atoms with E-state index in [2.05, 4.69) is 16.0 Å². The van der Waals surface area contributed by atoms with Crippen molar-refractivity contribution in [3.05, 3.63) is 0 Å². The van der Waals surface area contributed by atoms with Crippen molar-refractivity contribution in [2.24, 2.45) is 17.2 Å². The van der Waals surface area contributed by atoms with Crippen LogP contribution in [0.4, 0.5) is 17.8 Å². The van der Waals surface area contributed by atoms with Crippen molar-refractivity contribution in [1.82, 2.24) is 15.0 Å². The Labute approximate surface area is 297 Å². The van der Waals surface area contributed by atoms with Gasteiger partial charge in [0, 0.05) is 19.6 Å². The topological polar surface area (TPSA) is 153 Å². The number of unbranched alkanes of at least 4 members (excludes halogenated alkanes) is 27. The van der Waals surface area contributed by atoms with Gasteiger partial charge in [0.25, 0.3) is 0 Å². The van der Waals surface area contributed by atoms with Gasteiger partial charge in [0.1, 0.15) is 0 Å². The van der Waals surface area contributed by atoms with Gasteiger partial charge in [-0.25, -0.2) is 0 Å². The highest BCUT2D eigenvalue weighted by Gasteiger charge is 2.07. The molecule has 0 atom stereocenters. The molecule has 1 aromatic rings. The van der Waals surface area contributed by atoms with Crippen molar-refractivity contribution >= 4 is 17.8 Å². The van der Waals surface area contributed by atoms with Crippen LogP contribution >= 0.6 is 0 Å². The molecule has 0 aromatic carbocycles. The summed E-state index contributed by atoms with van der Waals surface area (Å²) in [6.07, 6.45) is 38.9. The van der Waals surface area contributed by atoms with Crippen LogP contribution in [-0.4, -0.2) is 54.2 Å². The Morgan fingerprint density at radius 2 is 0.417 bits per heavy atom. The molecule has 0 saturated heterocycles. The number of nitrogens with zero attached hydrogens (tertiary/aromatic N) is 3. The number of rotatable bonds is 39. The van der Waals surface area contributed by atoms with E-state index in [1.807, 2.05) is 0 Å². The van der Waals surface area contributed by atoms with Crippen molar-refractivity contribution in [3.63, 3.8) is 0 Å². The Hall–Kier alpha value is -1.71. The van der Waals surface area contributed by atoms with Gasteiger partial charge in [-0.15, -0.1) is 0 Å². The lowest BCUT2D eigenvalue weighted by atomic mass is 10.1. The number of anilines is 3. The van der Waals surface area contributed by atoms with E-state index in [0.29, 0.717) is 17.8 Å². The molecule has 1 rings (SSSR count). The summed E-state index contributed by atoms with van der Waals surface area (Å²) in [5.74, 6) is 2.06. The number of hydrogen-bond donors (Lipinski definition) is 6. The lowest BCUT2D eigenvalue weighted by Gasteiger charge is -2.11. The third kappa shape index (κ3) is 30.4. The molecule has 0 saturated carbocycles. The van der Waals surface area contributed by atoms with Gasteiger partial charge in [0.2, 0.25) is 17.8 Å². The predicted molar refractivity (Wildman–Crippen MR) is 211 cm³/mol. The van der Waals surface area contributed by atoms with E-state index >= 15 is 0 Å². The standard InChI is InChI=1S/C39H81N9/c40-31-25-19-13-7-1-4-10-16-22-28-34-43-37-46-38(44-35-29-23-17-11-5-2-8-14-20-26-32-41)48-39(47-37)45-36-30-24-18-12-6-3-9-15-21-27-33-42/h1-36,40-42H2,(H3,43,44,45,46,47,48). The maximum Gasteiger partial charge on any atom is 0.229 e. The molecule has 48 heavy (non-hydrogen) atoms. The lowest BCUT2D eigenvalue weighted by Crippen LogP contribution is -2.14. The molecule has 0 aliphatic heterocycles. The Morgan fingerprint density at radius 1 is 0.250 bits per heavy atom. The van der Waals surface area contributed by atoms with Gasteiger partial charge < -0.3 is 33.2 Å². The summed E-state index contributed by atoms with van der Waals surface area (Å²) in [5.41, 5.74) is 16.8. The van der Waals surface area contributed by atoms with E-state index in [9.17, 15) is 0 Å². The normalized spacial score (nSPS) is 11.3. The van der Waals surface area contributed by atoms with E-state index in [-0.39, 0.29) is 0 Å². The summed E-state index contributed by atoms with van der Waals surface area (Å²) >= 11 is 0. The zero-order valence-electron chi connectivity index (χ0n) is 31.5. The van der Waals surface area contributed by atoms with Gasteiger partial charge in [0.05, 0.1) is 0 Å². The van der Waals surface area contributed by atoms with Crippen molar-refractivity contribution in [2.75, 3.05) is 55.2 Å². The third-order valence-electron chi connectivity index (χ3n) is 9.38. The van der Waals surface area contributed by atoms with Gasteiger partial charge in [-0.05, 0) is 58.2 Å². The van der Waals surface area contributed by atoms with Crippen molar-refractivity contribution < 1.29 is 0 Å². The van der Waals surface area contributed by atoms with Crippen LogP contribution in [0.1, 0.15) is 193 Å². The fourth-order valence-corrected chi connectivity index (χ4v) is 6.26. The first kappa shape index (κ1) is 44.3. The molecule has 0 unspecified atom stereocenters. The van der Waals surface area contributed by atoms with Gasteiger partial charge in [-0.2, -0.15) is 15.0 Å². The van der Waals surface area contributed by atoms with E-state index in [4.69, 9.17) is 32.2 Å². The Bertz CT molecular complexity index is 668. The number of aromatic nitrogens is 3. The van der Waals surface area contributed by atoms with Crippen LogP contribution < -0.4 is 33.2 Å². The van der Waals surface area contributed by atoms with E-state index < -0.39 is 0 Å². The third-order valence-corrected chi connectivity index (χ3v) is 9.38. The van der Waals surface area contributed by atoms with Crippen LogP contribution in [-0.2, 0) is 0 Å². The van der Waals surface area contributed by atoms with Crippen LogP contribution in [0.5, 0.6) is 0 Å². The fraction of sp³-hybridized carbons (Fsp3) is 0.923. The molecule has 0 fully saturated rings. The number of nitrogens with two attached hydrogens (primary N) is 3. The molecule has 0 radical (unpaired) electrons. The van der Waals surface area contributed by atoms with Gasteiger partial charge in [-0.1, -0.05) is 154 Å². The second-order valence-electron chi connectivity index (χ2n) is 14.1. The molecule has 0 aliphatic rings. The molecular formula is C39H81N9. The highest BCUT2D eigenvalue weighted by molar-refractivity contribution is 5.42. The zero-order valence-corrected chi connectivity index (χ0v) is 31.5. The second kappa shape index (κ2) is 36.6. The molecule has 1 aromatic heterocycles. The molecule has 0 spiro atoms. The quantitative estimate of drug-likeness (QED) is 0.0374. The summed E-state index contributed by atoms with van der Waals surface area (Å²) in [6, 6.07) is 0. The van der Waals surface area contributed by atoms with Crippen molar-refractivity contribution in [2.45, 2.75) is 193 Å². The first-order chi connectivity index (χ1) is 23.8. The van der Waals surface area contributed by atoms with E-state index in [0.717, 1.165) is 58.5 Å². The van der Waals surface area contributed by atoms with Crippen LogP contribution in [0.3, 0.4) is 0 Å². The largest absolute Gasteiger partial charge is 0.354 e. The van der Waals surface area contributed by atoms with Gasteiger partial charge >= 0.3 is 0 Å². The molecule has 9 N–H and O–H groups in total.